The van der Waals surface area contributed by atoms with Crippen LogP contribution in [0.3, 0.4) is 0 Å². The Hall–Kier alpha value is -1.96. The monoisotopic (exact) mass is 497 g/mol. The molecule has 1 unspecified atom stereocenters. The number of methoxy groups -OCH3 is 2. The third kappa shape index (κ3) is 7.58. The van der Waals surface area contributed by atoms with E-state index in [1.165, 1.54) is 5.56 Å². The molecule has 0 aliphatic heterocycles. The minimum Gasteiger partial charge on any atom is -0.493 e. The highest BCUT2D eigenvalue weighted by molar-refractivity contribution is 14.0. The number of halogens is 1. The molecule has 0 saturated carbocycles. The van der Waals surface area contributed by atoms with Crippen molar-refractivity contribution in [1.29, 1.82) is 0 Å². The third-order valence-electron chi connectivity index (χ3n) is 4.33. The van der Waals surface area contributed by atoms with E-state index in [9.17, 15) is 0 Å². The van der Waals surface area contributed by atoms with Crippen LogP contribution in [0, 0.1) is 0 Å². The molecule has 0 fully saturated rings. The highest BCUT2D eigenvalue weighted by atomic mass is 127. The number of hydrogen-bond acceptors (Lipinski definition) is 3. The Morgan fingerprint density at radius 1 is 1.04 bits per heavy atom. The molecule has 2 aromatic carbocycles. The second-order valence-electron chi connectivity index (χ2n) is 6.42. The van der Waals surface area contributed by atoms with Gasteiger partial charge in [-0.05, 0) is 38.3 Å². The van der Waals surface area contributed by atoms with Crippen LogP contribution in [0.5, 0.6) is 11.5 Å². The van der Waals surface area contributed by atoms with Crippen LogP contribution < -0.4 is 20.1 Å². The predicted molar refractivity (Wildman–Crippen MR) is 127 cm³/mol. The van der Waals surface area contributed by atoms with Crippen molar-refractivity contribution in [2.75, 3.05) is 20.8 Å². The van der Waals surface area contributed by atoms with Gasteiger partial charge in [0.25, 0.3) is 0 Å². The topological polar surface area (TPSA) is 54.9 Å². The molecule has 1 atom stereocenters. The summed E-state index contributed by atoms with van der Waals surface area (Å²) in [7, 11) is 3.30. The van der Waals surface area contributed by atoms with Gasteiger partial charge < -0.3 is 20.1 Å². The largest absolute Gasteiger partial charge is 0.493 e. The maximum absolute atomic E-state index is 5.49. The normalized spacial score (nSPS) is 11.9. The molecule has 5 nitrogen and oxygen atoms in total. The van der Waals surface area contributed by atoms with Crippen LogP contribution >= 0.6 is 24.0 Å². The van der Waals surface area contributed by atoms with Crippen molar-refractivity contribution in [1.82, 2.24) is 10.6 Å². The number of aliphatic imine (C=N–C) groups is 1. The van der Waals surface area contributed by atoms with E-state index in [-0.39, 0.29) is 24.0 Å². The summed E-state index contributed by atoms with van der Waals surface area (Å²) in [5, 5.41) is 6.81. The van der Waals surface area contributed by atoms with Crippen LogP contribution in [0.4, 0.5) is 0 Å². The van der Waals surface area contributed by atoms with Crippen LogP contribution in [0.1, 0.15) is 31.4 Å². The molecule has 2 aromatic rings. The van der Waals surface area contributed by atoms with Crippen LogP contribution in [-0.4, -0.2) is 32.8 Å². The lowest BCUT2D eigenvalue weighted by molar-refractivity contribution is 0.352. The smallest absolute Gasteiger partial charge is 0.191 e. The van der Waals surface area contributed by atoms with Gasteiger partial charge in [-0.2, -0.15) is 0 Å². The molecule has 0 saturated heterocycles. The van der Waals surface area contributed by atoms with Gasteiger partial charge in [0.05, 0.1) is 20.8 Å². The van der Waals surface area contributed by atoms with Gasteiger partial charge in [0.1, 0.15) is 0 Å². The summed E-state index contributed by atoms with van der Waals surface area (Å²) in [4.78, 5) is 4.72. The van der Waals surface area contributed by atoms with Crippen molar-refractivity contribution >= 4 is 29.9 Å². The summed E-state index contributed by atoms with van der Waals surface area (Å²) in [5.41, 5.74) is 2.35. The van der Waals surface area contributed by atoms with Crippen molar-refractivity contribution in [3.05, 3.63) is 59.7 Å². The number of nitrogens with zero attached hydrogens (tertiary/aromatic N) is 1. The molecule has 0 radical (unpaired) electrons. The van der Waals surface area contributed by atoms with Crippen LogP contribution in [0.15, 0.2) is 53.5 Å². The van der Waals surface area contributed by atoms with Gasteiger partial charge in [-0.15, -0.1) is 24.0 Å². The average molecular weight is 497 g/mol. The van der Waals surface area contributed by atoms with E-state index in [2.05, 4.69) is 48.7 Å². The van der Waals surface area contributed by atoms with Crippen LogP contribution in [0.25, 0.3) is 0 Å². The molecular formula is C22H32IN3O2. The Balaban J connectivity index is 0.00000392. The lowest BCUT2D eigenvalue weighted by Gasteiger charge is -2.18. The molecule has 2 rings (SSSR count). The van der Waals surface area contributed by atoms with Crippen molar-refractivity contribution in [2.45, 2.75) is 39.3 Å². The first kappa shape index (κ1) is 24.1. The average Bonchev–Trinajstić information content (AvgIpc) is 2.71. The highest BCUT2D eigenvalue weighted by Crippen LogP contribution is 2.31. The summed E-state index contributed by atoms with van der Waals surface area (Å²) in [6.45, 7) is 5.58. The summed E-state index contributed by atoms with van der Waals surface area (Å²) in [6.07, 6.45) is 2.08. The number of ether oxygens (including phenoxy) is 2. The Morgan fingerprint density at radius 3 is 2.43 bits per heavy atom. The lowest BCUT2D eigenvalue weighted by Crippen LogP contribution is -2.42. The maximum Gasteiger partial charge on any atom is 0.191 e. The first-order chi connectivity index (χ1) is 13.2. The molecule has 0 aromatic heterocycles. The Labute approximate surface area is 186 Å². The van der Waals surface area contributed by atoms with Crippen molar-refractivity contribution in [2.24, 2.45) is 4.99 Å². The second-order valence-corrected chi connectivity index (χ2v) is 6.42. The zero-order chi connectivity index (χ0) is 19.5. The Kier molecular flexibility index (Phi) is 11.4. The molecule has 0 amide bonds. The van der Waals surface area contributed by atoms with E-state index in [1.807, 2.05) is 24.3 Å². The fraction of sp³-hybridized carbons (Fsp3) is 0.409. The number of nitrogens with one attached hydrogen (secondary N) is 2. The zero-order valence-electron chi connectivity index (χ0n) is 17.2. The zero-order valence-corrected chi connectivity index (χ0v) is 19.5. The summed E-state index contributed by atoms with van der Waals surface area (Å²) in [5.74, 6) is 2.26. The number of guanidine groups is 1. The number of benzene rings is 2. The molecule has 0 heterocycles. The molecular weight excluding hydrogens is 465 g/mol. The minimum absolute atomic E-state index is 0. The molecule has 6 heteroatoms. The Morgan fingerprint density at radius 2 is 1.79 bits per heavy atom. The number of rotatable bonds is 9. The van der Waals surface area contributed by atoms with Gasteiger partial charge in [0, 0.05) is 18.2 Å². The van der Waals surface area contributed by atoms with Gasteiger partial charge in [0.15, 0.2) is 17.5 Å². The Bertz CT molecular complexity index is 723. The molecule has 28 heavy (non-hydrogen) atoms. The first-order valence-electron chi connectivity index (χ1n) is 9.46. The molecule has 154 valence electrons. The van der Waals surface area contributed by atoms with E-state index in [0.717, 1.165) is 42.4 Å². The quantitative estimate of drug-likeness (QED) is 0.307. The second kappa shape index (κ2) is 13.3. The number of hydrogen-bond donors (Lipinski definition) is 2. The highest BCUT2D eigenvalue weighted by Gasteiger charge is 2.10. The van der Waals surface area contributed by atoms with Gasteiger partial charge in [-0.1, -0.05) is 42.5 Å². The molecule has 0 bridgehead atoms. The summed E-state index contributed by atoms with van der Waals surface area (Å²) >= 11 is 0. The van der Waals surface area contributed by atoms with E-state index in [1.54, 1.807) is 14.2 Å². The predicted octanol–water partition coefficient (Wildman–Crippen LogP) is 4.40. The van der Waals surface area contributed by atoms with Crippen LogP contribution in [-0.2, 0) is 13.0 Å². The van der Waals surface area contributed by atoms with Crippen LogP contribution in [0.2, 0.25) is 0 Å². The number of para-hydroxylation sites is 1. The summed E-state index contributed by atoms with van der Waals surface area (Å²) < 4.78 is 10.9. The van der Waals surface area contributed by atoms with Gasteiger partial charge in [-0.25, -0.2) is 4.99 Å². The summed E-state index contributed by atoms with van der Waals surface area (Å²) in [6, 6.07) is 16.7. The fourth-order valence-corrected chi connectivity index (χ4v) is 2.90. The molecule has 0 aliphatic carbocycles. The van der Waals surface area contributed by atoms with Gasteiger partial charge in [-0.3, -0.25) is 0 Å². The molecule has 0 spiro atoms. The SMILES string of the molecule is CCNC(=NCc1cccc(OC)c1OC)NC(C)CCc1ccccc1.I. The van der Waals surface area contributed by atoms with E-state index < -0.39 is 0 Å². The van der Waals surface area contributed by atoms with Crippen molar-refractivity contribution < 1.29 is 9.47 Å². The maximum atomic E-state index is 5.49. The van der Waals surface area contributed by atoms with Gasteiger partial charge in [0.2, 0.25) is 0 Å². The van der Waals surface area contributed by atoms with E-state index in [0.29, 0.717) is 12.6 Å². The fourth-order valence-electron chi connectivity index (χ4n) is 2.90. The van der Waals surface area contributed by atoms with E-state index in [4.69, 9.17) is 14.5 Å². The molecule has 2 N–H and O–H groups in total. The minimum atomic E-state index is 0. The van der Waals surface area contributed by atoms with E-state index >= 15 is 0 Å². The standard InChI is InChI=1S/C22H31N3O2.HI/c1-5-23-22(25-17(2)14-15-18-10-7-6-8-11-18)24-16-19-12-9-13-20(26-3)21(19)27-4;/h6-13,17H,5,14-16H2,1-4H3,(H2,23,24,25);1H. The number of aryl methyl sites for hydroxylation is 1. The lowest BCUT2D eigenvalue weighted by atomic mass is 10.1. The van der Waals surface area contributed by atoms with Gasteiger partial charge >= 0.3 is 0 Å². The third-order valence-corrected chi connectivity index (χ3v) is 4.33. The molecule has 0 aliphatic rings. The van der Waals surface area contributed by atoms with Crippen molar-refractivity contribution in [3.63, 3.8) is 0 Å². The van der Waals surface area contributed by atoms with Crippen molar-refractivity contribution in [3.8, 4) is 11.5 Å². The first-order valence-corrected chi connectivity index (χ1v) is 9.46.